The number of carboxylic acid groups (broad SMARTS) is 1. The maximum absolute atomic E-state index is 11.7. The lowest BCUT2D eigenvalue weighted by Gasteiger charge is -2.12. The van der Waals surface area contributed by atoms with Crippen molar-refractivity contribution < 1.29 is 19.4 Å². The van der Waals surface area contributed by atoms with Crippen LogP contribution in [-0.4, -0.2) is 36.9 Å². The van der Waals surface area contributed by atoms with Crippen LogP contribution in [0.25, 0.3) is 0 Å². The number of hydrogen-bond acceptors (Lipinski definition) is 3. The molecule has 0 aliphatic heterocycles. The van der Waals surface area contributed by atoms with Gasteiger partial charge in [-0.2, -0.15) is 0 Å². The average molecular weight is 292 g/mol. The molecule has 0 saturated heterocycles. The number of carbonyl (C=O) groups is 2. The van der Waals surface area contributed by atoms with Gasteiger partial charge < -0.3 is 20.5 Å². The van der Waals surface area contributed by atoms with Crippen LogP contribution in [0.15, 0.2) is 30.9 Å². The number of aryl methyl sites for hydroxylation is 1. The average Bonchev–Trinajstić information content (AvgIpc) is 2.44. The van der Waals surface area contributed by atoms with Crippen LogP contribution in [0.5, 0.6) is 0 Å². The first-order chi connectivity index (χ1) is 10.1. The highest BCUT2D eigenvalue weighted by Crippen LogP contribution is 2.20. The zero-order chi connectivity index (χ0) is 15.7. The Morgan fingerprint density at radius 1 is 1.38 bits per heavy atom. The molecule has 0 aromatic heterocycles. The van der Waals surface area contributed by atoms with Gasteiger partial charge >= 0.3 is 12.0 Å². The first kappa shape index (κ1) is 16.7. The fourth-order valence-corrected chi connectivity index (χ4v) is 1.68. The van der Waals surface area contributed by atoms with Crippen molar-refractivity contribution in [3.8, 4) is 0 Å². The highest BCUT2D eigenvalue weighted by molar-refractivity contribution is 6.00. The number of anilines is 1. The number of urea groups is 1. The van der Waals surface area contributed by atoms with Gasteiger partial charge in [-0.3, -0.25) is 0 Å². The topological polar surface area (TPSA) is 87.7 Å². The van der Waals surface area contributed by atoms with Gasteiger partial charge in [0.15, 0.2) is 0 Å². The van der Waals surface area contributed by atoms with E-state index < -0.39 is 12.0 Å². The van der Waals surface area contributed by atoms with Crippen molar-refractivity contribution in [2.45, 2.75) is 13.3 Å². The van der Waals surface area contributed by atoms with Crippen molar-refractivity contribution >= 4 is 17.7 Å². The van der Waals surface area contributed by atoms with Crippen molar-refractivity contribution in [1.82, 2.24) is 5.32 Å². The quantitative estimate of drug-likeness (QED) is 0.507. The molecular formula is C15H20N2O4. The van der Waals surface area contributed by atoms with E-state index in [-0.39, 0.29) is 5.56 Å². The van der Waals surface area contributed by atoms with Gasteiger partial charge in [0.2, 0.25) is 0 Å². The number of para-hydroxylation sites is 1. The Morgan fingerprint density at radius 3 is 2.81 bits per heavy atom. The number of nitrogens with one attached hydrogen (secondary N) is 2. The van der Waals surface area contributed by atoms with Gasteiger partial charge in [-0.05, 0) is 25.0 Å². The molecule has 1 aromatic carbocycles. The second-order valence-corrected chi connectivity index (χ2v) is 4.37. The van der Waals surface area contributed by atoms with Crippen LogP contribution in [0.1, 0.15) is 22.3 Å². The van der Waals surface area contributed by atoms with E-state index in [2.05, 4.69) is 17.2 Å². The van der Waals surface area contributed by atoms with Crippen LogP contribution >= 0.6 is 0 Å². The Morgan fingerprint density at radius 2 is 2.14 bits per heavy atom. The molecule has 0 aliphatic rings. The van der Waals surface area contributed by atoms with E-state index in [4.69, 9.17) is 9.84 Å². The summed E-state index contributed by atoms with van der Waals surface area (Å²) in [4.78, 5) is 22.9. The monoisotopic (exact) mass is 292 g/mol. The van der Waals surface area contributed by atoms with E-state index in [0.717, 1.165) is 6.42 Å². The Labute approximate surface area is 123 Å². The predicted molar refractivity (Wildman–Crippen MR) is 80.8 cm³/mol. The second kappa shape index (κ2) is 8.76. The van der Waals surface area contributed by atoms with Crippen LogP contribution in [-0.2, 0) is 4.74 Å². The van der Waals surface area contributed by atoms with Crippen molar-refractivity contribution in [2.75, 3.05) is 25.1 Å². The van der Waals surface area contributed by atoms with E-state index in [1.54, 1.807) is 25.1 Å². The van der Waals surface area contributed by atoms with E-state index in [9.17, 15) is 9.59 Å². The van der Waals surface area contributed by atoms with Crippen LogP contribution in [0.2, 0.25) is 0 Å². The largest absolute Gasteiger partial charge is 0.478 e. The highest BCUT2D eigenvalue weighted by atomic mass is 16.5. The van der Waals surface area contributed by atoms with Crippen LogP contribution in [0.4, 0.5) is 10.5 Å². The second-order valence-electron chi connectivity index (χ2n) is 4.37. The molecule has 0 unspecified atom stereocenters. The number of rotatable bonds is 8. The molecule has 0 saturated carbocycles. The Kier molecular flexibility index (Phi) is 6.97. The zero-order valence-electron chi connectivity index (χ0n) is 12.0. The molecule has 0 atom stereocenters. The van der Waals surface area contributed by atoms with Crippen molar-refractivity contribution in [2.24, 2.45) is 0 Å². The normalized spacial score (nSPS) is 9.95. The lowest BCUT2D eigenvalue weighted by atomic mass is 10.1. The molecule has 21 heavy (non-hydrogen) atoms. The molecule has 0 fully saturated rings. The van der Waals surface area contributed by atoms with Gasteiger partial charge in [0.1, 0.15) is 0 Å². The predicted octanol–water partition coefficient (Wildman–Crippen LogP) is 2.41. The smallest absolute Gasteiger partial charge is 0.337 e. The first-order valence-electron chi connectivity index (χ1n) is 6.62. The van der Waals surface area contributed by atoms with Gasteiger partial charge in [-0.25, -0.2) is 9.59 Å². The highest BCUT2D eigenvalue weighted by Gasteiger charge is 2.13. The van der Waals surface area contributed by atoms with Gasteiger partial charge in [0, 0.05) is 6.54 Å². The summed E-state index contributed by atoms with van der Waals surface area (Å²) < 4.78 is 5.25. The number of carboxylic acids is 1. The Bertz CT molecular complexity index is 514. The third-order valence-electron chi connectivity index (χ3n) is 2.74. The molecule has 0 aliphatic carbocycles. The minimum Gasteiger partial charge on any atom is -0.478 e. The number of carbonyl (C=O) groups excluding carboxylic acids is 1. The van der Waals surface area contributed by atoms with Crippen LogP contribution < -0.4 is 10.6 Å². The zero-order valence-corrected chi connectivity index (χ0v) is 12.0. The number of benzene rings is 1. The summed E-state index contributed by atoms with van der Waals surface area (Å²) in [6.45, 7) is 6.61. The standard InChI is InChI=1S/C15H20N2O4/c1-3-4-9-21-10-8-16-15(20)17-13-11(2)6-5-7-12(13)14(18)19/h3,5-7H,1,4,8-10H2,2H3,(H,18,19)(H2,16,17,20). The van der Waals surface area contributed by atoms with Crippen LogP contribution in [0, 0.1) is 6.92 Å². The van der Waals surface area contributed by atoms with Gasteiger partial charge in [-0.1, -0.05) is 18.2 Å². The van der Waals surface area contributed by atoms with E-state index in [0.29, 0.717) is 31.0 Å². The molecule has 0 heterocycles. The van der Waals surface area contributed by atoms with Crippen LogP contribution in [0.3, 0.4) is 0 Å². The molecule has 1 aromatic rings. The Hall–Kier alpha value is -2.34. The lowest BCUT2D eigenvalue weighted by Crippen LogP contribution is -2.32. The molecular weight excluding hydrogens is 272 g/mol. The maximum Gasteiger partial charge on any atom is 0.337 e. The maximum atomic E-state index is 11.7. The lowest BCUT2D eigenvalue weighted by molar-refractivity contribution is 0.0698. The molecule has 0 bridgehead atoms. The molecule has 3 N–H and O–H groups in total. The minimum atomic E-state index is -1.08. The fourth-order valence-electron chi connectivity index (χ4n) is 1.68. The fraction of sp³-hybridized carbons (Fsp3) is 0.333. The van der Waals surface area contributed by atoms with E-state index >= 15 is 0 Å². The number of amides is 2. The van der Waals surface area contributed by atoms with Gasteiger partial charge in [0.05, 0.1) is 24.5 Å². The van der Waals surface area contributed by atoms with Crippen molar-refractivity contribution in [1.29, 1.82) is 0 Å². The summed E-state index contributed by atoms with van der Waals surface area (Å²) in [5, 5.41) is 14.3. The number of ether oxygens (including phenoxy) is 1. The van der Waals surface area contributed by atoms with E-state index in [1.165, 1.54) is 6.07 Å². The molecule has 0 radical (unpaired) electrons. The summed E-state index contributed by atoms with van der Waals surface area (Å²) >= 11 is 0. The molecule has 1 rings (SSSR count). The first-order valence-corrected chi connectivity index (χ1v) is 6.62. The molecule has 0 spiro atoms. The SMILES string of the molecule is C=CCCOCCNC(=O)Nc1c(C)cccc1C(=O)O. The van der Waals surface area contributed by atoms with E-state index in [1.807, 2.05) is 0 Å². The molecule has 114 valence electrons. The Balaban J connectivity index is 2.48. The van der Waals surface area contributed by atoms with Crippen molar-refractivity contribution in [3.63, 3.8) is 0 Å². The third kappa shape index (κ3) is 5.66. The molecule has 6 nitrogen and oxygen atoms in total. The van der Waals surface area contributed by atoms with Gasteiger partial charge in [0.25, 0.3) is 0 Å². The third-order valence-corrected chi connectivity index (χ3v) is 2.74. The summed E-state index contributed by atoms with van der Waals surface area (Å²) in [6, 6.07) is 4.36. The summed E-state index contributed by atoms with van der Waals surface area (Å²) in [5.41, 5.74) is 1.05. The summed E-state index contributed by atoms with van der Waals surface area (Å²) in [5.74, 6) is -1.08. The molecule has 2 amide bonds. The molecule has 6 heteroatoms. The number of aromatic carboxylic acids is 1. The minimum absolute atomic E-state index is 0.0624. The van der Waals surface area contributed by atoms with Crippen molar-refractivity contribution in [3.05, 3.63) is 42.0 Å². The van der Waals surface area contributed by atoms with Gasteiger partial charge in [-0.15, -0.1) is 6.58 Å². The summed E-state index contributed by atoms with van der Waals surface area (Å²) in [7, 11) is 0. The summed E-state index contributed by atoms with van der Waals surface area (Å²) in [6.07, 6.45) is 2.52. The number of hydrogen-bond donors (Lipinski definition) is 3.